The van der Waals surface area contributed by atoms with Gasteiger partial charge in [-0.25, -0.2) is 13.1 Å². The Labute approximate surface area is 128 Å². The summed E-state index contributed by atoms with van der Waals surface area (Å²) in [6, 6.07) is 4.31. The first-order valence-electron chi connectivity index (χ1n) is 6.26. The van der Waals surface area contributed by atoms with Crippen LogP contribution in [0.3, 0.4) is 0 Å². The molecular formula is C13H21BrN2O3S. The number of aliphatic hydroxyl groups is 1. The number of nitrogens with one attached hydrogen (secondary N) is 1. The summed E-state index contributed by atoms with van der Waals surface area (Å²) in [6.45, 7) is 5.67. The van der Waals surface area contributed by atoms with Crippen molar-refractivity contribution in [1.82, 2.24) is 4.72 Å². The molecule has 0 fully saturated rings. The predicted molar refractivity (Wildman–Crippen MR) is 83.8 cm³/mol. The van der Waals surface area contributed by atoms with Crippen molar-refractivity contribution in [2.24, 2.45) is 5.41 Å². The van der Waals surface area contributed by atoms with E-state index in [1.54, 1.807) is 6.07 Å². The van der Waals surface area contributed by atoms with E-state index in [1.165, 1.54) is 12.1 Å². The van der Waals surface area contributed by atoms with Gasteiger partial charge in [0, 0.05) is 17.1 Å². The molecule has 0 aliphatic heterocycles. The molecule has 4 N–H and O–H groups in total. The molecule has 7 heteroatoms. The number of aliphatic hydroxyl groups excluding tert-OH is 1. The summed E-state index contributed by atoms with van der Waals surface area (Å²) in [5, 5.41) is 9.10. The van der Waals surface area contributed by atoms with Crippen LogP contribution in [-0.4, -0.2) is 26.2 Å². The van der Waals surface area contributed by atoms with Gasteiger partial charge in [-0.2, -0.15) is 0 Å². The van der Waals surface area contributed by atoms with Crippen LogP contribution in [0, 0.1) is 5.41 Å². The summed E-state index contributed by atoms with van der Waals surface area (Å²) in [5.41, 5.74) is 5.63. The number of nitrogen functional groups attached to an aromatic ring is 1. The third kappa shape index (κ3) is 4.44. The van der Waals surface area contributed by atoms with Crippen molar-refractivity contribution in [2.75, 3.05) is 12.3 Å². The Bertz CT molecular complexity index is 567. The molecule has 0 radical (unpaired) electrons. The molecule has 0 spiro atoms. The molecule has 20 heavy (non-hydrogen) atoms. The topological polar surface area (TPSA) is 92.4 Å². The highest BCUT2D eigenvalue weighted by atomic mass is 79.9. The summed E-state index contributed by atoms with van der Waals surface area (Å²) in [7, 11) is -3.73. The zero-order chi connectivity index (χ0) is 15.6. The Balaban J connectivity index is 3.13. The Morgan fingerprint density at radius 2 is 2.00 bits per heavy atom. The highest BCUT2D eigenvalue weighted by molar-refractivity contribution is 9.10. The normalized spacial score (nSPS) is 14.2. The predicted octanol–water partition coefficient (Wildman–Crippen LogP) is 2.11. The summed E-state index contributed by atoms with van der Waals surface area (Å²) >= 11 is 3.24. The van der Waals surface area contributed by atoms with Gasteiger partial charge in [0.25, 0.3) is 0 Å². The second-order valence-electron chi connectivity index (χ2n) is 5.73. The maximum atomic E-state index is 12.4. The quantitative estimate of drug-likeness (QED) is 0.697. The third-order valence-corrected chi connectivity index (χ3v) is 5.05. The van der Waals surface area contributed by atoms with E-state index >= 15 is 0 Å². The molecule has 1 aromatic carbocycles. The van der Waals surface area contributed by atoms with Gasteiger partial charge >= 0.3 is 0 Å². The standard InChI is InChI=1S/C13H21BrN2O3S/c1-13(2,3)12(6-7-17)16-20(18,19)11-8-9(14)4-5-10(11)15/h4-5,8,12,16-17H,6-7,15H2,1-3H3. The maximum absolute atomic E-state index is 12.4. The molecule has 0 aromatic heterocycles. The first kappa shape index (κ1) is 17.4. The highest BCUT2D eigenvalue weighted by Gasteiger charge is 2.30. The number of nitrogens with two attached hydrogens (primary N) is 1. The Morgan fingerprint density at radius 1 is 1.40 bits per heavy atom. The second kappa shape index (κ2) is 6.43. The molecule has 0 amide bonds. The van der Waals surface area contributed by atoms with Crippen LogP contribution in [0.15, 0.2) is 27.6 Å². The monoisotopic (exact) mass is 364 g/mol. The molecule has 1 unspecified atom stereocenters. The van der Waals surface area contributed by atoms with Crippen LogP contribution in [0.5, 0.6) is 0 Å². The molecule has 0 aliphatic rings. The minimum Gasteiger partial charge on any atom is -0.398 e. The van der Waals surface area contributed by atoms with Crippen LogP contribution >= 0.6 is 15.9 Å². The molecule has 0 heterocycles. The van der Waals surface area contributed by atoms with E-state index in [2.05, 4.69) is 20.7 Å². The summed E-state index contributed by atoms with van der Waals surface area (Å²) < 4.78 is 28.2. The van der Waals surface area contributed by atoms with Crippen molar-refractivity contribution in [1.29, 1.82) is 0 Å². The van der Waals surface area contributed by atoms with Gasteiger partial charge in [-0.15, -0.1) is 0 Å². The Kier molecular flexibility index (Phi) is 5.60. The Morgan fingerprint density at radius 3 is 2.50 bits per heavy atom. The lowest BCUT2D eigenvalue weighted by Crippen LogP contribution is -2.44. The summed E-state index contributed by atoms with van der Waals surface area (Å²) in [4.78, 5) is 0.0408. The minimum atomic E-state index is -3.73. The van der Waals surface area contributed by atoms with Crippen molar-refractivity contribution >= 4 is 31.6 Å². The number of benzene rings is 1. The van der Waals surface area contributed by atoms with Crippen molar-refractivity contribution in [2.45, 2.75) is 38.1 Å². The van der Waals surface area contributed by atoms with Crippen molar-refractivity contribution in [3.8, 4) is 0 Å². The molecule has 1 rings (SSSR count). The smallest absolute Gasteiger partial charge is 0.242 e. The van der Waals surface area contributed by atoms with Crippen molar-refractivity contribution < 1.29 is 13.5 Å². The second-order valence-corrected chi connectivity index (χ2v) is 8.33. The van der Waals surface area contributed by atoms with Crippen molar-refractivity contribution in [3.05, 3.63) is 22.7 Å². The molecule has 0 saturated carbocycles. The fourth-order valence-corrected chi connectivity index (χ4v) is 3.94. The van der Waals surface area contributed by atoms with Gasteiger partial charge in [0.05, 0.1) is 5.69 Å². The first-order valence-corrected chi connectivity index (χ1v) is 8.54. The molecular weight excluding hydrogens is 344 g/mol. The van der Waals surface area contributed by atoms with Gasteiger partial charge < -0.3 is 10.8 Å². The van der Waals surface area contributed by atoms with E-state index in [9.17, 15) is 8.42 Å². The molecule has 114 valence electrons. The SMILES string of the molecule is CC(C)(C)C(CCO)NS(=O)(=O)c1cc(Br)ccc1N. The Hall–Kier alpha value is -0.630. The van der Waals surface area contributed by atoms with Crippen LogP contribution < -0.4 is 10.5 Å². The number of sulfonamides is 1. The summed E-state index contributed by atoms with van der Waals surface area (Å²) in [6.07, 6.45) is 0.344. The van der Waals surface area contributed by atoms with Gasteiger partial charge in [0.2, 0.25) is 10.0 Å². The number of anilines is 1. The number of halogens is 1. The average molecular weight is 365 g/mol. The minimum absolute atomic E-state index is 0.0408. The van der Waals surface area contributed by atoms with Gasteiger partial charge in [0.15, 0.2) is 0 Å². The van der Waals surface area contributed by atoms with Gasteiger partial charge in [-0.3, -0.25) is 0 Å². The lowest BCUT2D eigenvalue weighted by Gasteiger charge is -2.31. The van der Waals surface area contributed by atoms with Gasteiger partial charge in [-0.1, -0.05) is 36.7 Å². The van der Waals surface area contributed by atoms with Crippen LogP contribution in [-0.2, 0) is 10.0 Å². The zero-order valence-electron chi connectivity index (χ0n) is 11.9. The first-order chi connectivity index (χ1) is 9.08. The molecule has 0 saturated heterocycles. The molecule has 1 atom stereocenters. The lowest BCUT2D eigenvalue weighted by molar-refractivity contribution is 0.214. The van der Waals surface area contributed by atoms with E-state index in [1.807, 2.05) is 20.8 Å². The molecule has 5 nitrogen and oxygen atoms in total. The van der Waals surface area contributed by atoms with E-state index in [0.717, 1.165) is 0 Å². The molecule has 1 aromatic rings. The largest absolute Gasteiger partial charge is 0.398 e. The van der Waals surface area contributed by atoms with E-state index < -0.39 is 10.0 Å². The van der Waals surface area contributed by atoms with E-state index in [-0.39, 0.29) is 28.6 Å². The van der Waals surface area contributed by atoms with Gasteiger partial charge in [-0.05, 0) is 30.0 Å². The van der Waals surface area contributed by atoms with Crippen molar-refractivity contribution in [3.63, 3.8) is 0 Å². The number of hydrogen-bond acceptors (Lipinski definition) is 4. The fraction of sp³-hybridized carbons (Fsp3) is 0.538. The molecule has 0 aliphatic carbocycles. The van der Waals surface area contributed by atoms with Crippen LogP contribution in [0.4, 0.5) is 5.69 Å². The fourth-order valence-electron chi connectivity index (χ4n) is 1.79. The van der Waals surface area contributed by atoms with Gasteiger partial charge in [0.1, 0.15) is 4.90 Å². The number of rotatable bonds is 5. The third-order valence-electron chi connectivity index (χ3n) is 3.03. The maximum Gasteiger partial charge on any atom is 0.242 e. The highest BCUT2D eigenvalue weighted by Crippen LogP contribution is 2.27. The zero-order valence-corrected chi connectivity index (χ0v) is 14.3. The molecule has 0 bridgehead atoms. The average Bonchev–Trinajstić information content (AvgIpc) is 2.30. The lowest BCUT2D eigenvalue weighted by atomic mass is 9.86. The summed E-state index contributed by atoms with van der Waals surface area (Å²) in [5.74, 6) is 0. The van der Waals surface area contributed by atoms with E-state index in [4.69, 9.17) is 10.8 Å². The van der Waals surface area contributed by atoms with Crippen LogP contribution in [0.2, 0.25) is 0 Å². The van der Waals surface area contributed by atoms with Crippen LogP contribution in [0.25, 0.3) is 0 Å². The van der Waals surface area contributed by atoms with Crippen LogP contribution in [0.1, 0.15) is 27.2 Å². The number of hydrogen-bond donors (Lipinski definition) is 3. The van der Waals surface area contributed by atoms with E-state index in [0.29, 0.717) is 10.9 Å².